The zero-order valence-corrected chi connectivity index (χ0v) is 14.5. The van der Waals surface area contributed by atoms with E-state index in [1.54, 1.807) is 7.05 Å². The summed E-state index contributed by atoms with van der Waals surface area (Å²) >= 11 is 0. The Bertz CT molecular complexity index is 603. The quantitative estimate of drug-likeness (QED) is 0.896. The molecular weight excluding hydrogens is 300 g/mol. The number of hydrogen-bond donors (Lipinski definition) is 1. The molecule has 0 amide bonds. The summed E-state index contributed by atoms with van der Waals surface area (Å²) in [5.74, 6) is -0.0606. The van der Waals surface area contributed by atoms with E-state index in [1.807, 2.05) is 51.1 Å². The van der Waals surface area contributed by atoms with E-state index in [9.17, 15) is 13.5 Å². The van der Waals surface area contributed by atoms with Crippen molar-refractivity contribution in [3.8, 4) is 0 Å². The van der Waals surface area contributed by atoms with Crippen LogP contribution >= 0.6 is 0 Å². The second kappa shape index (κ2) is 6.28. The van der Waals surface area contributed by atoms with Crippen LogP contribution in [-0.2, 0) is 16.8 Å². The van der Waals surface area contributed by atoms with E-state index < -0.39 is 15.8 Å². The van der Waals surface area contributed by atoms with Gasteiger partial charge < -0.3 is 5.11 Å². The fourth-order valence-corrected chi connectivity index (χ4v) is 4.50. The maximum Gasteiger partial charge on any atom is 0.282 e. The summed E-state index contributed by atoms with van der Waals surface area (Å²) in [6, 6.07) is 9.51. The van der Waals surface area contributed by atoms with Gasteiger partial charge in [-0.15, -0.1) is 0 Å². The predicted octanol–water partition coefficient (Wildman–Crippen LogP) is 1.70. The summed E-state index contributed by atoms with van der Waals surface area (Å²) in [5, 5.41) is 10.7. The largest absolute Gasteiger partial charge is 0.388 e. The summed E-state index contributed by atoms with van der Waals surface area (Å²) in [5.41, 5.74) is -0.0133. The molecule has 1 aromatic carbocycles. The molecule has 0 radical (unpaired) electrons. The first-order valence-corrected chi connectivity index (χ1v) is 9.05. The van der Waals surface area contributed by atoms with Gasteiger partial charge in [-0.3, -0.25) is 0 Å². The van der Waals surface area contributed by atoms with Crippen molar-refractivity contribution in [1.82, 2.24) is 8.61 Å². The molecule has 1 aromatic rings. The minimum Gasteiger partial charge on any atom is -0.388 e. The molecule has 1 aliphatic rings. The lowest BCUT2D eigenvalue weighted by Gasteiger charge is -2.31. The first-order valence-electron chi connectivity index (χ1n) is 7.65. The van der Waals surface area contributed by atoms with Crippen molar-refractivity contribution in [1.29, 1.82) is 0 Å². The Morgan fingerprint density at radius 2 is 1.95 bits per heavy atom. The molecule has 22 heavy (non-hydrogen) atoms. The van der Waals surface area contributed by atoms with Gasteiger partial charge >= 0.3 is 0 Å². The van der Waals surface area contributed by atoms with E-state index >= 15 is 0 Å². The highest BCUT2D eigenvalue weighted by Gasteiger charge is 2.49. The van der Waals surface area contributed by atoms with Crippen molar-refractivity contribution in [2.45, 2.75) is 32.9 Å². The van der Waals surface area contributed by atoms with Crippen LogP contribution in [0.15, 0.2) is 30.3 Å². The maximum absolute atomic E-state index is 12.7. The second-order valence-electron chi connectivity index (χ2n) is 6.59. The molecule has 0 spiro atoms. The van der Waals surface area contributed by atoms with Crippen molar-refractivity contribution in [2.75, 3.05) is 20.1 Å². The number of β-amino-alcohol motifs (C(OH)–C–C–N with tert-alkyl or cyclic N) is 1. The van der Waals surface area contributed by atoms with Crippen LogP contribution in [0.2, 0.25) is 0 Å². The van der Waals surface area contributed by atoms with Gasteiger partial charge in [0.05, 0.1) is 5.60 Å². The minimum atomic E-state index is -3.57. The molecule has 1 N–H and O–H groups in total. The molecule has 2 atom stereocenters. The van der Waals surface area contributed by atoms with Gasteiger partial charge in [-0.2, -0.15) is 17.0 Å². The molecule has 1 aliphatic heterocycles. The monoisotopic (exact) mass is 326 g/mol. The van der Waals surface area contributed by atoms with Crippen LogP contribution in [0.4, 0.5) is 0 Å². The molecule has 0 aliphatic carbocycles. The number of rotatable bonds is 5. The zero-order chi connectivity index (χ0) is 16.5. The lowest BCUT2D eigenvalue weighted by Crippen LogP contribution is -2.45. The summed E-state index contributed by atoms with van der Waals surface area (Å²) in [7, 11) is -1.98. The average molecular weight is 326 g/mol. The third-order valence-corrected chi connectivity index (χ3v) is 6.58. The minimum absolute atomic E-state index is 0.0159. The van der Waals surface area contributed by atoms with E-state index in [4.69, 9.17) is 0 Å². The molecule has 1 heterocycles. The second-order valence-corrected chi connectivity index (χ2v) is 8.62. The SMILES string of the molecule is CC(C)[C@]1(O)CN(S(=O)(=O)N(C)Cc2ccccc2)C[C@H]1C. The van der Waals surface area contributed by atoms with Crippen molar-refractivity contribution < 1.29 is 13.5 Å². The molecule has 0 saturated carbocycles. The topological polar surface area (TPSA) is 60.9 Å². The average Bonchev–Trinajstić information content (AvgIpc) is 2.78. The standard InChI is InChI=1S/C16H26N2O3S/c1-13(2)16(19)12-18(10-14(16)3)22(20,21)17(4)11-15-8-6-5-7-9-15/h5-9,13-14,19H,10-12H2,1-4H3/t14-,16-/m1/s1. The highest BCUT2D eigenvalue weighted by Crippen LogP contribution is 2.35. The Hall–Kier alpha value is -0.950. The van der Waals surface area contributed by atoms with E-state index in [-0.39, 0.29) is 18.4 Å². The van der Waals surface area contributed by atoms with Crippen LogP contribution in [-0.4, -0.2) is 47.9 Å². The normalized spacial score (nSPS) is 27.0. The smallest absolute Gasteiger partial charge is 0.282 e. The molecule has 0 aromatic heterocycles. The van der Waals surface area contributed by atoms with Crippen molar-refractivity contribution >= 4 is 10.2 Å². The van der Waals surface area contributed by atoms with Gasteiger partial charge in [-0.1, -0.05) is 51.1 Å². The van der Waals surface area contributed by atoms with E-state index in [2.05, 4.69) is 0 Å². The molecule has 124 valence electrons. The lowest BCUT2D eigenvalue weighted by atomic mass is 9.82. The van der Waals surface area contributed by atoms with Crippen molar-refractivity contribution in [2.24, 2.45) is 11.8 Å². The third-order valence-electron chi connectivity index (χ3n) is 4.73. The van der Waals surface area contributed by atoms with Crippen LogP contribution in [0.3, 0.4) is 0 Å². The number of hydrogen-bond acceptors (Lipinski definition) is 3. The summed E-state index contributed by atoms with van der Waals surface area (Å²) < 4.78 is 28.2. The van der Waals surface area contributed by atoms with Gasteiger partial charge in [-0.25, -0.2) is 0 Å². The molecule has 1 saturated heterocycles. The van der Waals surface area contributed by atoms with E-state index in [0.29, 0.717) is 13.1 Å². The maximum atomic E-state index is 12.7. The van der Waals surface area contributed by atoms with Crippen LogP contribution in [0.1, 0.15) is 26.3 Å². The lowest BCUT2D eigenvalue weighted by molar-refractivity contribution is -0.0224. The molecule has 6 heteroatoms. The van der Waals surface area contributed by atoms with Crippen LogP contribution < -0.4 is 0 Å². The summed E-state index contributed by atoms with van der Waals surface area (Å²) in [6.45, 7) is 6.62. The number of nitrogens with zero attached hydrogens (tertiary/aromatic N) is 2. The molecular formula is C16H26N2O3S. The number of aliphatic hydroxyl groups is 1. The Balaban J connectivity index is 2.14. The molecule has 2 rings (SSSR count). The fraction of sp³-hybridized carbons (Fsp3) is 0.625. The van der Waals surface area contributed by atoms with Gasteiger partial charge in [0.25, 0.3) is 10.2 Å². The molecule has 1 fully saturated rings. The summed E-state index contributed by atoms with van der Waals surface area (Å²) in [6.07, 6.45) is 0. The Kier molecular flexibility index (Phi) is 4.96. The van der Waals surface area contributed by atoms with E-state index in [1.165, 1.54) is 8.61 Å². The third kappa shape index (κ3) is 3.20. The first kappa shape index (κ1) is 17.4. The first-order chi connectivity index (χ1) is 10.2. The van der Waals surface area contributed by atoms with Gasteiger partial charge in [0.2, 0.25) is 0 Å². The van der Waals surface area contributed by atoms with Gasteiger partial charge in [0, 0.05) is 32.6 Å². The fourth-order valence-electron chi connectivity index (χ4n) is 3.01. The number of benzene rings is 1. The van der Waals surface area contributed by atoms with E-state index in [0.717, 1.165) is 5.56 Å². The Labute approximate surface area is 133 Å². The van der Waals surface area contributed by atoms with Crippen molar-refractivity contribution in [3.63, 3.8) is 0 Å². The Morgan fingerprint density at radius 3 is 2.45 bits per heavy atom. The summed E-state index contributed by atoms with van der Waals surface area (Å²) in [4.78, 5) is 0. The molecule has 5 nitrogen and oxygen atoms in total. The molecule has 0 bridgehead atoms. The zero-order valence-electron chi connectivity index (χ0n) is 13.7. The highest BCUT2D eigenvalue weighted by atomic mass is 32.2. The highest BCUT2D eigenvalue weighted by molar-refractivity contribution is 7.86. The van der Waals surface area contributed by atoms with Crippen molar-refractivity contribution in [3.05, 3.63) is 35.9 Å². The Morgan fingerprint density at radius 1 is 1.36 bits per heavy atom. The van der Waals surface area contributed by atoms with Crippen LogP contribution in [0.5, 0.6) is 0 Å². The molecule has 0 unspecified atom stereocenters. The van der Waals surface area contributed by atoms with Gasteiger partial charge in [0.15, 0.2) is 0 Å². The van der Waals surface area contributed by atoms with Crippen LogP contribution in [0, 0.1) is 11.8 Å². The van der Waals surface area contributed by atoms with Gasteiger partial charge in [0.1, 0.15) is 0 Å². The van der Waals surface area contributed by atoms with Gasteiger partial charge in [-0.05, 0) is 11.5 Å². The van der Waals surface area contributed by atoms with Crippen LogP contribution in [0.25, 0.3) is 0 Å². The predicted molar refractivity (Wildman–Crippen MR) is 87.4 cm³/mol.